The minimum absolute atomic E-state index is 0.00926. The number of rotatable bonds is 46. The number of terminal acetylenes is 2. The summed E-state index contributed by atoms with van der Waals surface area (Å²) >= 11 is 0. The number of nitrogens with one attached hydrogen (secondary N) is 2. The Morgan fingerprint density at radius 2 is 1.00 bits per heavy atom. The van der Waals surface area contributed by atoms with E-state index in [1.54, 1.807) is 13.0 Å². The second-order valence-electron chi connectivity index (χ2n) is 31.6. The third-order valence-electron chi connectivity index (χ3n) is 21.3. The average molecular weight is 1450 g/mol. The topological polar surface area (TPSA) is 178 Å². The van der Waals surface area contributed by atoms with Crippen LogP contribution in [-0.2, 0) is 19.1 Å². The van der Waals surface area contributed by atoms with E-state index < -0.39 is 11.9 Å². The maximum absolute atomic E-state index is 12.6. The number of carbonyl (C=O) groups excluding carboxylic acids is 2. The second-order valence-corrected chi connectivity index (χ2v) is 31.6. The van der Waals surface area contributed by atoms with Crippen LogP contribution in [0.3, 0.4) is 0 Å². The van der Waals surface area contributed by atoms with Crippen molar-refractivity contribution in [3.8, 4) is 49.0 Å². The van der Waals surface area contributed by atoms with Gasteiger partial charge in [-0.15, -0.1) is 12.8 Å². The molecule has 7 unspecified atom stereocenters. The highest BCUT2D eigenvalue weighted by atomic mass is 16.5. The van der Waals surface area contributed by atoms with E-state index in [1.807, 2.05) is 24.3 Å². The molecular weight excluding hydrogens is 1290 g/mol. The van der Waals surface area contributed by atoms with E-state index in [1.165, 1.54) is 134 Å². The van der Waals surface area contributed by atoms with Crippen molar-refractivity contribution < 1.29 is 19.1 Å². The van der Waals surface area contributed by atoms with Crippen LogP contribution in [0.4, 0.5) is 0 Å². The fraction of sp³-hybridized carbons (Fsp3) is 0.720. The standard InChI is InChI=1S/C26H42N2.C23H38N2O2.C23H38N2.C21H34N2O2/c1-6-11-14-22(8-3)20-28(21-23(9-4)15-12-7-2)26-17-13-16-25(18-26)24(10-5)19-27;1-7-10-11-18(9-3)16-27-22(26)21(15-24)19-12-20(25-17(4)8-2)14-23(5,6)13-19;1-6-11-13-17-23(10-5)25(18-14-16-21(8-3)19-24)20-22(9-4)15-12-7-2;1-6-9-10-16(7-2)15-23-18-11-17(12-21(4,5)13-18)19(14-22)20(24)25-8-3/h5,18,22-23H,6-9,11-17,20-21H2,1-4H3;12,17-18,25H,7-11,13-14,16H2,1-6H3;3,14,16,18,22-23H,6-7,9-13,15,17,20H2,1-2,4-5H3;11,16,23H,6-10,12-13,15H2,1-5H3/b25-24-;21-19+;18-14+,21-16-;19-17+. The van der Waals surface area contributed by atoms with Crippen molar-refractivity contribution >= 4 is 11.9 Å². The van der Waals surface area contributed by atoms with Gasteiger partial charge in [-0.05, 0) is 204 Å². The Balaban J connectivity index is 0.00000138. The maximum Gasteiger partial charge on any atom is 0.349 e. The molecule has 3 rings (SSSR count). The molecule has 0 aromatic rings. The van der Waals surface area contributed by atoms with E-state index in [0.29, 0.717) is 54.5 Å². The van der Waals surface area contributed by atoms with Crippen LogP contribution in [0.15, 0.2) is 92.7 Å². The number of nitrogens with zero attached hydrogens (tertiary/aromatic N) is 6. The Kier molecular flexibility index (Phi) is 55.3. The van der Waals surface area contributed by atoms with Crippen molar-refractivity contribution in [3.63, 3.8) is 0 Å². The molecule has 12 nitrogen and oxygen atoms in total. The normalized spacial score (nSPS) is 17.9. The molecule has 105 heavy (non-hydrogen) atoms. The van der Waals surface area contributed by atoms with Crippen LogP contribution in [0, 0.1) is 110 Å². The number of ether oxygens (including phenoxy) is 2. The van der Waals surface area contributed by atoms with Gasteiger partial charge in [0.2, 0.25) is 0 Å². The molecule has 0 fully saturated rings. The predicted molar refractivity (Wildman–Crippen MR) is 444 cm³/mol. The Bertz CT molecular complexity index is 2950. The van der Waals surface area contributed by atoms with Crippen LogP contribution in [0.25, 0.3) is 0 Å². The number of hydrogen-bond donors (Lipinski definition) is 2. The van der Waals surface area contributed by atoms with Crippen LogP contribution in [-0.4, -0.2) is 73.2 Å². The van der Waals surface area contributed by atoms with E-state index in [2.05, 4.69) is 187 Å². The largest absolute Gasteiger partial charge is 0.462 e. The van der Waals surface area contributed by atoms with Crippen LogP contribution in [0.2, 0.25) is 0 Å². The van der Waals surface area contributed by atoms with Crippen molar-refractivity contribution in [2.45, 2.75) is 356 Å². The highest BCUT2D eigenvalue weighted by molar-refractivity contribution is 5.95. The number of allylic oxidation sites excluding steroid dienone is 13. The number of esters is 2. The van der Waals surface area contributed by atoms with Crippen LogP contribution < -0.4 is 10.6 Å². The van der Waals surface area contributed by atoms with Gasteiger partial charge in [-0.2, -0.15) is 21.0 Å². The van der Waals surface area contributed by atoms with Crippen LogP contribution in [0.1, 0.15) is 343 Å². The summed E-state index contributed by atoms with van der Waals surface area (Å²) in [7, 11) is 0. The minimum Gasteiger partial charge on any atom is -0.462 e. The van der Waals surface area contributed by atoms with Gasteiger partial charge in [-0.1, -0.05) is 245 Å². The number of carbonyl (C=O) groups is 2. The molecular formula is C93H152N8O4. The van der Waals surface area contributed by atoms with Gasteiger partial charge in [-0.3, -0.25) is 0 Å². The Labute approximate surface area is 646 Å². The molecule has 0 saturated carbocycles. The van der Waals surface area contributed by atoms with Crippen molar-refractivity contribution in [1.29, 1.82) is 21.0 Å². The number of hydrogen-bond acceptors (Lipinski definition) is 12. The third-order valence-corrected chi connectivity index (χ3v) is 21.3. The van der Waals surface area contributed by atoms with Gasteiger partial charge in [0, 0.05) is 55.4 Å². The SMILES string of the molecule is C#C/C(C#N)=C/C=C/N(CC(CC)CCCC)C(CC)CCCCC.C#C/C(C#N)=C1/C=C(N(CC(CC)CCCC)CC(CC)CCCC)CCC1.CCCCC(CC)CNC1=C/C(=C(/C#N)C(=O)OCC)CC(C)(C)C1.CCCCC(CC)COC(=O)/C(C#N)=C1\C=C(NC(C)CC)CC(C)(C)C1. The molecule has 0 radical (unpaired) electrons. The lowest BCUT2D eigenvalue weighted by Gasteiger charge is -2.36. The van der Waals surface area contributed by atoms with Crippen LogP contribution >= 0.6 is 0 Å². The van der Waals surface area contributed by atoms with Gasteiger partial charge in [0.15, 0.2) is 0 Å². The molecule has 7 atom stereocenters. The summed E-state index contributed by atoms with van der Waals surface area (Å²) in [4.78, 5) is 29.8. The summed E-state index contributed by atoms with van der Waals surface area (Å²) in [5.74, 6) is 7.31. The van der Waals surface area contributed by atoms with Crippen molar-refractivity contribution in [3.05, 3.63) is 92.7 Å². The lowest BCUT2D eigenvalue weighted by molar-refractivity contribution is -0.140. The molecule has 0 heterocycles. The molecule has 12 heteroatoms. The smallest absolute Gasteiger partial charge is 0.349 e. The number of nitriles is 4. The first kappa shape index (κ1) is 98.1. The van der Waals surface area contributed by atoms with Gasteiger partial charge in [-0.25, -0.2) is 9.59 Å². The van der Waals surface area contributed by atoms with E-state index in [9.17, 15) is 25.4 Å². The fourth-order valence-corrected chi connectivity index (χ4v) is 14.2. The molecule has 3 aliphatic carbocycles. The molecule has 0 aromatic heterocycles. The lowest BCUT2D eigenvalue weighted by atomic mass is 9.76. The third kappa shape index (κ3) is 41.7. The Morgan fingerprint density at radius 1 is 0.524 bits per heavy atom. The van der Waals surface area contributed by atoms with Gasteiger partial charge in [0.1, 0.15) is 46.6 Å². The molecule has 0 spiro atoms. The molecule has 588 valence electrons. The van der Waals surface area contributed by atoms with E-state index >= 15 is 0 Å². The summed E-state index contributed by atoms with van der Waals surface area (Å²) in [5, 5.41) is 44.5. The summed E-state index contributed by atoms with van der Waals surface area (Å²) in [6, 6.07) is 9.37. The summed E-state index contributed by atoms with van der Waals surface area (Å²) < 4.78 is 10.6. The highest BCUT2D eigenvalue weighted by Crippen LogP contribution is 2.40. The second kappa shape index (κ2) is 59.2. The van der Waals surface area contributed by atoms with Crippen molar-refractivity contribution in [1.82, 2.24) is 20.4 Å². The summed E-state index contributed by atoms with van der Waals surface area (Å²) in [6.45, 7) is 46.9. The zero-order chi connectivity index (χ0) is 79.0. The van der Waals surface area contributed by atoms with Gasteiger partial charge in [0.25, 0.3) is 0 Å². The van der Waals surface area contributed by atoms with Gasteiger partial charge in [0.05, 0.1) is 13.2 Å². The molecule has 3 aliphatic rings. The maximum atomic E-state index is 12.6. The van der Waals surface area contributed by atoms with E-state index in [4.69, 9.17) is 27.6 Å². The van der Waals surface area contributed by atoms with E-state index in [-0.39, 0.29) is 28.6 Å². The Morgan fingerprint density at radius 3 is 1.44 bits per heavy atom. The molecule has 0 bridgehead atoms. The Hall–Kier alpha value is -6.86. The van der Waals surface area contributed by atoms with Crippen molar-refractivity contribution in [2.24, 2.45) is 40.4 Å². The molecule has 0 amide bonds. The molecule has 0 aromatic carbocycles. The quantitative estimate of drug-likeness (QED) is 0.0147. The zero-order valence-electron chi connectivity index (χ0n) is 70.6. The first-order valence-corrected chi connectivity index (χ1v) is 42.0. The number of unbranched alkanes of at least 4 members (excludes halogenated alkanes) is 7. The van der Waals surface area contributed by atoms with Gasteiger partial charge < -0.3 is 29.9 Å². The molecule has 0 aliphatic heterocycles. The van der Waals surface area contributed by atoms with Crippen molar-refractivity contribution in [2.75, 3.05) is 39.4 Å². The molecule has 0 saturated heterocycles. The molecule has 2 N–H and O–H groups in total. The first-order chi connectivity index (χ1) is 50.4. The average Bonchev–Trinajstić information content (AvgIpc) is 0.821. The lowest BCUT2D eigenvalue weighted by Crippen LogP contribution is -2.34. The predicted octanol–water partition coefficient (Wildman–Crippen LogP) is 24.2. The summed E-state index contributed by atoms with van der Waals surface area (Å²) in [5.41, 5.74) is 7.54. The fourth-order valence-electron chi connectivity index (χ4n) is 14.2. The van der Waals surface area contributed by atoms with E-state index in [0.717, 1.165) is 143 Å². The zero-order valence-corrected chi connectivity index (χ0v) is 70.6. The van der Waals surface area contributed by atoms with Crippen LogP contribution in [0.5, 0.6) is 0 Å². The monoisotopic (exact) mass is 1450 g/mol. The summed E-state index contributed by atoms with van der Waals surface area (Å²) in [6.07, 6.45) is 61.3. The van der Waals surface area contributed by atoms with Gasteiger partial charge >= 0.3 is 11.9 Å². The minimum atomic E-state index is -0.511. The first-order valence-electron chi connectivity index (χ1n) is 42.0. The highest BCUT2D eigenvalue weighted by Gasteiger charge is 2.32.